The summed E-state index contributed by atoms with van der Waals surface area (Å²) in [6.45, 7) is 0. The molecule has 19 heavy (non-hydrogen) atoms. The van der Waals surface area contributed by atoms with Crippen LogP contribution in [0.25, 0.3) is 11.5 Å². The van der Waals surface area contributed by atoms with Gasteiger partial charge in [0, 0.05) is 0 Å². The smallest absolute Gasteiger partial charge is 0.664 e. The standard InChI is InChI=1S/2C7H7NO.Ti/c2*8-7(9)6-4-2-1-3-5-6;/h2*1-5H,(H2,8,9);/q;;+2/p-2. The van der Waals surface area contributed by atoms with Crippen LogP contribution in [0.15, 0.2) is 60.7 Å². The molecule has 0 aromatic heterocycles. The van der Waals surface area contributed by atoms with Crippen molar-refractivity contribution in [3.8, 4) is 0 Å². The zero-order valence-electron chi connectivity index (χ0n) is 10.1. The Morgan fingerprint density at radius 1 is 0.632 bits per heavy atom. The minimum atomic E-state index is -0.629. The summed E-state index contributed by atoms with van der Waals surface area (Å²) in [5, 5.41) is 0. The van der Waals surface area contributed by atoms with Gasteiger partial charge in [0.25, 0.3) is 0 Å². The van der Waals surface area contributed by atoms with Crippen LogP contribution in [0, 0.1) is 0 Å². The van der Waals surface area contributed by atoms with Gasteiger partial charge in [0.15, 0.2) is 0 Å². The molecule has 0 spiro atoms. The van der Waals surface area contributed by atoms with E-state index in [1.54, 1.807) is 48.5 Å². The Balaban J connectivity index is 0.000000324. The molecule has 2 aromatic rings. The quantitative estimate of drug-likeness (QED) is 0.788. The molecule has 2 rings (SSSR count). The van der Waals surface area contributed by atoms with Crippen LogP contribution in [0.4, 0.5) is 0 Å². The summed E-state index contributed by atoms with van der Waals surface area (Å²) in [7, 11) is 0. The molecule has 4 nitrogen and oxygen atoms in total. The van der Waals surface area contributed by atoms with Gasteiger partial charge in [-0.1, -0.05) is 60.7 Å². The average molecular weight is 288 g/mol. The fraction of sp³-hybridized carbons (Fsp3) is 0. The van der Waals surface area contributed by atoms with Crippen molar-refractivity contribution in [1.29, 1.82) is 0 Å². The molecule has 2 N–H and O–H groups in total. The normalized spacial score (nSPS) is 8.42. The number of carbonyl (C=O) groups is 2. The van der Waals surface area contributed by atoms with Crippen LogP contribution in [-0.4, -0.2) is 11.8 Å². The van der Waals surface area contributed by atoms with E-state index >= 15 is 0 Å². The zero-order valence-corrected chi connectivity index (χ0v) is 11.7. The van der Waals surface area contributed by atoms with E-state index in [0.717, 1.165) is 0 Å². The number of hydrogen-bond donors (Lipinski definition) is 0. The third-order valence-electron chi connectivity index (χ3n) is 2.07. The summed E-state index contributed by atoms with van der Waals surface area (Å²) in [5.74, 6) is -1.26. The minimum absolute atomic E-state index is 0. The Morgan fingerprint density at radius 2 is 0.895 bits per heavy atom. The molecule has 0 fully saturated rings. The number of hydrogen-bond acceptors (Lipinski definition) is 2. The van der Waals surface area contributed by atoms with Gasteiger partial charge in [0.2, 0.25) is 0 Å². The van der Waals surface area contributed by atoms with Crippen LogP contribution >= 0.6 is 0 Å². The topological polar surface area (TPSA) is 81.7 Å². The Labute approximate surface area is 126 Å². The van der Waals surface area contributed by atoms with Crippen LogP contribution in [0.5, 0.6) is 0 Å². The first-order chi connectivity index (χ1) is 8.61. The van der Waals surface area contributed by atoms with Crippen molar-refractivity contribution in [2.75, 3.05) is 0 Å². The number of nitrogens with one attached hydrogen (secondary N) is 2. The molecule has 0 bridgehead atoms. The molecule has 0 unspecified atom stereocenters. The SMILES string of the molecule is [NH-]C(=O)c1ccccc1.[NH-]C(=O)c1ccccc1.[Ti+2]. The molecule has 2 aromatic carbocycles. The van der Waals surface area contributed by atoms with Crippen LogP contribution in [-0.2, 0) is 21.7 Å². The zero-order chi connectivity index (χ0) is 13.4. The maximum absolute atomic E-state index is 10.3. The second kappa shape index (κ2) is 9.08. The predicted octanol–water partition coefficient (Wildman–Crippen LogP) is 3.76. The maximum Gasteiger partial charge on any atom is 2.00 e. The van der Waals surface area contributed by atoms with E-state index in [2.05, 4.69) is 0 Å². The summed E-state index contributed by atoms with van der Waals surface area (Å²) in [4.78, 5) is 20.6. The third kappa shape index (κ3) is 6.55. The van der Waals surface area contributed by atoms with E-state index in [4.69, 9.17) is 11.5 Å². The molecule has 94 valence electrons. The predicted molar refractivity (Wildman–Crippen MR) is 70.2 cm³/mol. The maximum atomic E-state index is 10.3. The van der Waals surface area contributed by atoms with Gasteiger partial charge in [0.05, 0.1) is 11.8 Å². The van der Waals surface area contributed by atoms with E-state index in [1.807, 2.05) is 12.1 Å². The van der Waals surface area contributed by atoms with Crippen molar-refractivity contribution in [2.24, 2.45) is 0 Å². The summed E-state index contributed by atoms with van der Waals surface area (Å²) in [6.07, 6.45) is 0. The molecule has 0 atom stereocenters. The van der Waals surface area contributed by atoms with Gasteiger partial charge in [-0.05, 0) is 11.1 Å². The monoisotopic (exact) mass is 288 g/mol. The first-order valence-corrected chi connectivity index (χ1v) is 5.23. The molecule has 0 saturated carbocycles. The summed E-state index contributed by atoms with van der Waals surface area (Å²) in [6, 6.07) is 17.1. The largest absolute Gasteiger partial charge is 2.00 e. The van der Waals surface area contributed by atoms with Gasteiger partial charge < -0.3 is 21.1 Å². The first-order valence-electron chi connectivity index (χ1n) is 5.23. The second-order valence-electron chi connectivity index (χ2n) is 3.39. The van der Waals surface area contributed by atoms with E-state index < -0.39 is 11.8 Å². The molecule has 0 heterocycles. The number of benzene rings is 2. The minimum Gasteiger partial charge on any atom is -0.664 e. The molecule has 0 radical (unpaired) electrons. The average Bonchev–Trinajstić information content (AvgIpc) is 2.41. The Kier molecular flexibility index (Phi) is 8.17. The molecule has 0 aliphatic carbocycles. The van der Waals surface area contributed by atoms with E-state index in [-0.39, 0.29) is 21.7 Å². The van der Waals surface area contributed by atoms with Crippen molar-refractivity contribution < 1.29 is 31.3 Å². The summed E-state index contributed by atoms with van der Waals surface area (Å²) >= 11 is 0. The second-order valence-corrected chi connectivity index (χ2v) is 3.39. The van der Waals surface area contributed by atoms with Gasteiger partial charge in [-0.15, -0.1) is 0 Å². The van der Waals surface area contributed by atoms with Crippen LogP contribution < -0.4 is 0 Å². The molecule has 0 aliphatic heterocycles. The fourth-order valence-electron chi connectivity index (χ4n) is 1.18. The van der Waals surface area contributed by atoms with Gasteiger partial charge >= 0.3 is 21.7 Å². The number of rotatable bonds is 2. The van der Waals surface area contributed by atoms with Crippen molar-refractivity contribution in [2.45, 2.75) is 0 Å². The van der Waals surface area contributed by atoms with Crippen LogP contribution in [0.3, 0.4) is 0 Å². The Hall–Kier alpha value is -1.91. The van der Waals surface area contributed by atoms with E-state index in [0.29, 0.717) is 11.1 Å². The van der Waals surface area contributed by atoms with Crippen molar-refractivity contribution >= 4 is 11.8 Å². The number of carbonyl (C=O) groups excluding carboxylic acids is 2. The third-order valence-corrected chi connectivity index (χ3v) is 2.07. The number of amides is 2. The van der Waals surface area contributed by atoms with Gasteiger partial charge in [-0.25, -0.2) is 0 Å². The molecular weight excluding hydrogens is 276 g/mol. The van der Waals surface area contributed by atoms with Gasteiger partial charge in [-0.2, -0.15) is 0 Å². The Bertz CT molecular complexity index is 466. The molecular formula is C14H12N2O2Ti. The molecule has 0 saturated heterocycles. The van der Waals surface area contributed by atoms with Gasteiger partial charge in [0.1, 0.15) is 0 Å². The van der Waals surface area contributed by atoms with Crippen LogP contribution in [0.2, 0.25) is 0 Å². The van der Waals surface area contributed by atoms with Crippen molar-refractivity contribution in [3.05, 3.63) is 83.3 Å². The first kappa shape index (κ1) is 17.1. The summed E-state index contributed by atoms with van der Waals surface area (Å²) in [5.41, 5.74) is 14.2. The van der Waals surface area contributed by atoms with Crippen LogP contribution in [0.1, 0.15) is 20.7 Å². The summed E-state index contributed by atoms with van der Waals surface area (Å²) < 4.78 is 0. The molecule has 5 heteroatoms. The van der Waals surface area contributed by atoms with E-state index in [9.17, 15) is 9.59 Å². The molecule has 0 aliphatic rings. The van der Waals surface area contributed by atoms with E-state index in [1.165, 1.54) is 0 Å². The fourth-order valence-corrected chi connectivity index (χ4v) is 1.18. The Morgan fingerprint density at radius 3 is 1.05 bits per heavy atom. The molecule has 2 amide bonds. The van der Waals surface area contributed by atoms with Gasteiger partial charge in [-0.3, -0.25) is 0 Å². The van der Waals surface area contributed by atoms with Crippen molar-refractivity contribution in [3.63, 3.8) is 0 Å². The van der Waals surface area contributed by atoms with Crippen molar-refractivity contribution in [1.82, 2.24) is 0 Å².